The molecule has 2 nitrogen and oxygen atoms in total. The summed E-state index contributed by atoms with van der Waals surface area (Å²) in [4.78, 5) is 23.8. The molecular weight excluding hydrogens is 260 g/mol. The molecule has 0 aliphatic rings. The van der Waals surface area contributed by atoms with Crippen molar-refractivity contribution >= 4 is 11.6 Å². The van der Waals surface area contributed by atoms with E-state index >= 15 is 0 Å². The van der Waals surface area contributed by atoms with Crippen molar-refractivity contribution in [2.24, 2.45) is 5.92 Å². The Morgan fingerprint density at radius 2 is 1.19 bits per heavy atom. The summed E-state index contributed by atoms with van der Waals surface area (Å²) in [5, 5.41) is 0. The number of ketones is 2. The summed E-state index contributed by atoms with van der Waals surface area (Å²) >= 11 is 0. The van der Waals surface area contributed by atoms with Crippen LogP contribution in [0, 0.1) is 5.92 Å². The molecule has 0 fully saturated rings. The van der Waals surface area contributed by atoms with Crippen LogP contribution >= 0.6 is 0 Å². The highest BCUT2D eigenvalue weighted by Gasteiger charge is 2.16. The zero-order valence-corrected chi connectivity index (χ0v) is 14.6. The van der Waals surface area contributed by atoms with Gasteiger partial charge in [0.2, 0.25) is 0 Å². The van der Waals surface area contributed by atoms with Gasteiger partial charge in [-0.1, -0.05) is 72.1 Å². The van der Waals surface area contributed by atoms with Gasteiger partial charge in [0.25, 0.3) is 0 Å². The Kier molecular flexibility index (Phi) is 13.8. The van der Waals surface area contributed by atoms with Crippen molar-refractivity contribution in [3.8, 4) is 0 Å². The molecule has 0 aliphatic carbocycles. The van der Waals surface area contributed by atoms with E-state index in [4.69, 9.17) is 0 Å². The van der Waals surface area contributed by atoms with Crippen molar-refractivity contribution in [3.05, 3.63) is 0 Å². The first-order chi connectivity index (χ1) is 10.1. The van der Waals surface area contributed by atoms with Crippen LogP contribution in [-0.4, -0.2) is 11.6 Å². The molecule has 0 saturated heterocycles. The first-order valence-corrected chi connectivity index (χ1v) is 9.16. The second kappa shape index (κ2) is 14.3. The minimum Gasteiger partial charge on any atom is -0.300 e. The number of hydrogen-bond acceptors (Lipinski definition) is 2. The summed E-state index contributed by atoms with van der Waals surface area (Å²) in [7, 11) is 0. The van der Waals surface area contributed by atoms with Crippen LogP contribution in [0.1, 0.15) is 104 Å². The van der Waals surface area contributed by atoms with E-state index in [-0.39, 0.29) is 17.5 Å². The van der Waals surface area contributed by atoms with Crippen LogP contribution in [0.15, 0.2) is 0 Å². The van der Waals surface area contributed by atoms with E-state index in [1.54, 1.807) is 0 Å². The number of unbranched alkanes of at least 4 members (excludes halogenated alkanes) is 8. The summed E-state index contributed by atoms with van der Waals surface area (Å²) in [5.74, 6) is 0.489. The van der Waals surface area contributed by atoms with Crippen LogP contribution in [-0.2, 0) is 9.59 Å². The maximum Gasteiger partial charge on any atom is 0.136 e. The lowest BCUT2D eigenvalue weighted by Gasteiger charge is -2.09. The van der Waals surface area contributed by atoms with Crippen LogP contribution in [0.4, 0.5) is 0 Å². The largest absolute Gasteiger partial charge is 0.300 e. The Morgan fingerprint density at radius 3 is 1.71 bits per heavy atom. The van der Waals surface area contributed by atoms with E-state index in [1.165, 1.54) is 38.5 Å². The molecule has 0 bridgehead atoms. The van der Waals surface area contributed by atoms with Crippen molar-refractivity contribution in [3.63, 3.8) is 0 Å². The Balaban J connectivity index is 3.62. The van der Waals surface area contributed by atoms with E-state index in [2.05, 4.69) is 13.8 Å². The highest BCUT2D eigenvalue weighted by Crippen LogP contribution is 2.14. The monoisotopic (exact) mass is 296 g/mol. The fourth-order valence-electron chi connectivity index (χ4n) is 2.63. The van der Waals surface area contributed by atoms with Crippen molar-refractivity contribution in [2.75, 3.05) is 0 Å². The van der Waals surface area contributed by atoms with Crippen LogP contribution in [0.25, 0.3) is 0 Å². The molecule has 0 aromatic heterocycles. The van der Waals surface area contributed by atoms with Gasteiger partial charge < -0.3 is 0 Å². The second-order valence-electron chi connectivity index (χ2n) is 6.44. The average Bonchev–Trinajstić information content (AvgIpc) is 2.46. The van der Waals surface area contributed by atoms with Gasteiger partial charge in [-0.25, -0.2) is 0 Å². The SMILES string of the molecule is CCCCCCCC(=O)CC(C)C(=O)CCCCCCC. The maximum absolute atomic E-state index is 12.0. The minimum atomic E-state index is -0.0701. The molecule has 0 aromatic rings. The zero-order chi connectivity index (χ0) is 15.9. The van der Waals surface area contributed by atoms with Crippen LogP contribution in [0.2, 0.25) is 0 Å². The van der Waals surface area contributed by atoms with E-state index in [1.807, 2.05) is 6.92 Å². The molecular formula is C19H36O2. The third-order valence-electron chi connectivity index (χ3n) is 4.17. The summed E-state index contributed by atoms with van der Waals surface area (Å²) in [6.07, 6.45) is 13.5. The van der Waals surface area contributed by atoms with Gasteiger partial charge in [-0.2, -0.15) is 0 Å². The summed E-state index contributed by atoms with van der Waals surface area (Å²) in [5.41, 5.74) is 0. The number of rotatable bonds is 15. The summed E-state index contributed by atoms with van der Waals surface area (Å²) in [6, 6.07) is 0. The molecule has 0 rings (SSSR count). The van der Waals surface area contributed by atoms with Gasteiger partial charge in [-0.15, -0.1) is 0 Å². The molecule has 124 valence electrons. The Labute approximate surface area is 132 Å². The van der Waals surface area contributed by atoms with E-state index in [0.717, 1.165) is 25.7 Å². The highest BCUT2D eigenvalue weighted by atomic mass is 16.1. The Hall–Kier alpha value is -0.660. The quantitative estimate of drug-likeness (QED) is 0.354. The van der Waals surface area contributed by atoms with Gasteiger partial charge in [0.15, 0.2) is 0 Å². The molecule has 0 spiro atoms. The number of hydrogen-bond donors (Lipinski definition) is 0. The fraction of sp³-hybridized carbons (Fsp3) is 0.895. The lowest BCUT2D eigenvalue weighted by molar-refractivity contribution is -0.127. The third-order valence-corrected chi connectivity index (χ3v) is 4.17. The molecule has 0 radical (unpaired) electrons. The molecule has 0 aliphatic heterocycles. The minimum absolute atomic E-state index is 0.0701. The zero-order valence-electron chi connectivity index (χ0n) is 14.6. The van der Waals surface area contributed by atoms with Crippen molar-refractivity contribution in [1.82, 2.24) is 0 Å². The van der Waals surface area contributed by atoms with Gasteiger partial charge >= 0.3 is 0 Å². The predicted molar refractivity (Wildman–Crippen MR) is 90.5 cm³/mol. The Bertz CT molecular complexity index is 271. The van der Waals surface area contributed by atoms with E-state index < -0.39 is 0 Å². The summed E-state index contributed by atoms with van der Waals surface area (Å²) < 4.78 is 0. The standard InChI is InChI=1S/C19H36O2/c1-4-6-8-10-12-14-18(20)16-17(3)19(21)15-13-11-9-7-5-2/h17H,4-16H2,1-3H3. The van der Waals surface area contributed by atoms with Crippen LogP contribution < -0.4 is 0 Å². The molecule has 1 atom stereocenters. The predicted octanol–water partition coefficient (Wildman–Crippen LogP) is 5.87. The maximum atomic E-state index is 12.0. The molecule has 0 saturated carbocycles. The molecule has 0 heterocycles. The second-order valence-corrected chi connectivity index (χ2v) is 6.44. The van der Waals surface area contributed by atoms with Crippen LogP contribution in [0.3, 0.4) is 0 Å². The van der Waals surface area contributed by atoms with E-state index in [0.29, 0.717) is 19.3 Å². The highest BCUT2D eigenvalue weighted by molar-refractivity contribution is 5.87. The lowest BCUT2D eigenvalue weighted by atomic mass is 9.94. The molecule has 21 heavy (non-hydrogen) atoms. The van der Waals surface area contributed by atoms with Gasteiger partial charge in [-0.3, -0.25) is 9.59 Å². The van der Waals surface area contributed by atoms with E-state index in [9.17, 15) is 9.59 Å². The third kappa shape index (κ3) is 12.8. The topological polar surface area (TPSA) is 34.1 Å². The normalized spacial score (nSPS) is 12.3. The molecule has 0 N–H and O–H groups in total. The molecule has 1 unspecified atom stereocenters. The average molecular weight is 296 g/mol. The van der Waals surface area contributed by atoms with Crippen LogP contribution in [0.5, 0.6) is 0 Å². The van der Waals surface area contributed by atoms with Crippen molar-refractivity contribution in [2.45, 2.75) is 104 Å². The fourth-order valence-corrected chi connectivity index (χ4v) is 2.63. The summed E-state index contributed by atoms with van der Waals surface area (Å²) in [6.45, 7) is 6.31. The molecule has 0 amide bonds. The number of Topliss-reactive ketones (excluding diaryl/α,β-unsaturated/α-hetero) is 2. The molecule has 2 heteroatoms. The first kappa shape index (κ1) is 20.3. The number of carbonyl (C=O) groups is 2. The number of carbonyl (C=O) groups excluding carboxylic acids is 2. The Morgan fingerprint density at radius 1 is 0.714 bits per heavy atom. The van der Waals surface area contributed by atoms with Gasteiger partial charge in [-0.05, 0) is 12.8 Å². The van der Waals surface area contributed by atoms with Crippen molar-refractivity contribution < 1.29 is 9.59 Å². The van der Waals surface area contributed by atoms with Gasteiger partial charge in [0.05, 0.1) is 0 Å². The van der Waals surface area contributed by atoms with Gasteiger partial charge in [0.1, 0.15) is 11.6 Å². The first-order valence-electron chi connectivity index (χ1n) is 9.16. The van der Waals surface area contributed by atoms with Gasteiger partial charge in [0, 0.05) is 25.2 Å². The smallest absolute Gasteiger partial charge is 0.136 e. The lowest BCUT2D eigenvalue weighted by Crippen LogP contribution is -2.15. The van der Waals surface area contributed by atoms with Crippen molar-refractivity contribution in [1.29, 1.82) is 0 Å². The molecule has 0 aromatic carbocycles.